The molecule has 0 radical (unpaired) electrons. The van der Waals surface area contributed by atoms with Gasteiger partial charge >= 0.3 is 6.18 Å². The number of carbonyl (C=O) groups excluding carboxylic acids is 1. The van der Waals surface area contributed by atoms with Crippen LogP contribution >= 0.6 is 23.5 Å². The molecule has 0 aliphatic carbocycles. The molecule has 5 nitrogen and oxygen atoms in total. The van der Waals surface area contributed by atoms with Crippen molar-refractivity contribution in [2.24, 2.45) is 0 Å². The van der Waals surface area contributed by atoms with Crippen molar-refractivity contribution >= 4 is 35.1 Å². The molecule has 3 N–H and O–H groups in total. The highest BCUT2D eigenvalue weighted by Gasteiger charge is 2.26. The molecule has 0 spiro atoms. The highest BCUT2D eigenvalue weighted by molar-refractivity contribution is 7.97. The summed E-state index contributed by atoms with van der Waals surface area (Å²) in [5.74, 6) is -0.392. The second kappa shape index (κ2) is 8.68. The van der Waals surface area contributed by atoms with Gasteiger partial charge in [-0.1, -0.05) is 23.7 Å². The van der Waals surface area contributed by atoms with E-state index in [1.807, 2.05) is 6.07 Å². The summed E-state index contributed by atoms with van der Waals surface area (Å²) < 4.78 is 38.6. The number of benzene rings is 2. The zero-order valence-electron chi connectivity index (χ0n) is 14.2. The van der Waals surface area contributed by atoms with E-state index in [2.05, 4.69) is 20.2 Å². The Kier molecular flexibility index (Phi) is 6.28. The van der Waals surface area contributed by atoms with Crippen LogP contribution in [0.15, 0.2) is 59.5 Å². The van der Waals surface area contributed by atoms with Gasteiger partial charge in [0, 0.05) is 21.2 Å². The average Bonchev–Trinajstić information content (AvgIpc) is 3.12. The summed E-state index contributed by atoms with van der Waals surface area (Å²) in [7, 11) is 0. The minimum atomic E-state index is -4.27. The predicted molar refractivity (Wildman–Crippen MR) is 103 cm³/mol. The largest absolute Gasteiger partial charge is 0.402 e. The predicted octanol–water partition coefficient (Wildman–Crippen LogP) is 5.14. The van der Waals surface area contributed by atoms with Gasteiger partial charge in [-0.15, -0.1) is 0 Å². The van der Waals surface area contributed by atoms with Crippen molar-refractivity contribution in [1.82, 2.24) is 14.9 Å². The van der Waals surface area contributed by atoms with Gasteiger partial charge in [0.05, 0.1) is 5.69 Å². The summed E-state index contributed by atoms with van der Waals surface area (Å²) in [4.78, 5) is 12.9. The van der Waals surface area contributed by atoms with E-state index in [1.165, 1.54) is 0 Å². The van der Waals surface area contributed by atoms with Gasteiger partial charge in [-0.25, -0.2) is 0 Å². The van der Waals surface area contributed by atoms with Crippen LogP contribution in [-0.2, 0) is 0 Å². The van der Waals surface area contributed by atoms with E-state index in [1.54, 1.807) is 48.5 Å². The van der Waals surface area contributed by atoms with Gasteiger partial charge in [0.15, 0.2) is 0 Å². The second-order valence-corrected chi connectivity index (χ2v) is 7.09. The number of halogens is 4. The molecule has 0 saturated heterocycles. The minimum Gasteiger partial charge on any atom is -0.321 e. The van der Waals surface area contributed by atoms with Crippen LogP contribution in [0, 0.1) is 0 Å². The van der Waals surface area contributed by atoms with Crippen molar-refractivity contribution in [1.29, 1.82) is 0 Å². The summed E-state index contributed by atoms with van der Waals surface area (Å²) in [5.41, 5.74) is 2.12. The number of hydrogen-bond donors (Lipinski definition) is 3. The zero-order valence-corrected chi connectivity index (χ0v) is 15.8. The van der Waals surface area contributed by atoms with E-state index in [9.17, 15) is 18.0 Å². The average molecular weight is 427 g/mol. The Hall–Kier alpha value is -2.49. The van der Waals surface area contributed by atoms with E-state index in [0.29, 0.717) is 21.3 Å². The van der Waals surface area contributed by atoms with Gasteiger partial charge in [-0.3, -0.25) is 14.6 Å². The van der Waals surface area contributed by atoms with Crippen molar-refractivity contribution in [2.45, 2.75) is 11.1 Å². The Morgan fingerprint density at radius 1 is 1.14 bits per heavy atom. The molecule has 0 saturated carbocycles. The maximum absolute atomic E-state index is 12.3. The SMILES string of the molecule is O=C(Nc1ccc(SNCC(F)(F)F)cc1)c1cc(-c2cccc(Cl)c2)n[nH]1. The quantitative estimate of drug-likeness (QED) is 0.477. The van der Waals surface area contributed by atoms with Gasteiger partial charge in [0.25, 0.3) is 5.91 Å². The number of nitrogens with one attached hydrogen (secondary N) is 3. The monoisotopic (exact) mass is 426 g/mol. The first kappa shape index (κ1) is 20.2. The lowest BCUT2D eigenvalue weighted by molar-refractivity contribution is -0.120. The van der Waals surface area contributed by atoms with Crippen LogP contribution < -0.4 is 10.0 Å². The van der Waals surface area contributed by atoms with Crippen LogP contribution in [0.2, 0.25) is 5.02 Å². The number of nitrogens with zero attached hydrogens (tertiary/aromatic N) is 1. The van der Waals surface area contributed by atoms with Gasteiger partial charge < -0.3 is 5.32 Å². The number of carbonyl (C=O) groups is 1. The van der Waals surface area contributed by atoms with Gasteiger partial charge in [0.2, 0.25) is 0 Å². The highest BCUT2D eigenvalue weighted by Crippen LogP contribution is 2.23. The summed E-state index contributed by atoms with van der Waals surface area (Å²) >= 11 is 6.82. The molecule has 1 heterocycles. The Morgan fingerprint density at radius 2 is 1.89 bits per heavy atom. The molecule has 0 aliphatic heterocycles. The fourth-order valence-corrected chi connectivity index (χ4v) is 3.10. The van der Waals surface area contributed by atoms with Crippen LogP contribution in [0.3, 0.4) is 0 Å². The molecule has 0 fully saturated rings. The van der Waals surface area contributed by atoms with Crippen LogP contribution in [-0.4, -0.2) is 28.8 Å². The standard InChI is InChI=1S/C18H14ClF3N4OS/c19-12-3-1-2-11(8-12)15-9-16(26-25-15)17(27)24-13-4-6-14(7-5-13)28-23-10-18(20,21)22/h1-9,23H,10H2,(H,24,27)(H,25,26). The Morgan fingerprint density at radius 3 is 2.57 bits per heavy atom. The van der Waals surface area contributed by atoms with Crippen molar-refractivity contribution in [2.75, 3.05) is 11.9 Å². The van der Waals surface area contributed by atoms with E-state index in [4.69, 9.17) is 11.6 Å². The molecule has 0 unspecified atom stereocenters. The topological polar surface area (TPSA) is 69.8 Å². The van der Waals surface area contributed by atoms with Crippen molar-refractivity contribution in [3.63, 3.8) is 0 Å². The van der Waals surface area contributed by atoms with E-state index >= 15 is 0 Å². The van der Waals surface area contributed by atoms with Crippen LogP contribution in [0.1, 0.15) is 10.5 Å². The number of anilines is 1. The van der Waals surface area contributed by atoms with Gasteiger partial charge in [0.1, 0.15) is 12.2 Å². The second-order valence-electron chi connectivity index (χ2n) is 5.69. The molecule has 0 atom stereocenters. The minimum absolute atomic E-state index is 0.264. The van der Waals surface area contributed by atoms with Crippen molar-refractivity contribution in [3.8, 4) is 11.3 Å². The van der Waals surface area contributed by atoms with Crippen LogP contribution in [0.25, 0.3) is 11.3 Å². The number of H-pyrrole nitrogens is 1. The Bertz CT molecular complexity index is 960. The third-order valence-electron chi connectivity index (χ3n) is 3.52. The molecule has 3 rings (SSSR count). The highest BCUT2D eigenvalue weighted by atomic mass is 35.5. The van der Waals surface area contributed by atoms with Crippen LogP contribution in [0.4, 0.5) is 18.9 Å². The first-order valence-corrected chi connectivity index (χ1v) is 9.19. The van der Waals surface area contributed by atoms with Gasteiger partial charge in [-0.05, 0) is 54.4 Å². The third kappa shape index (κ3) is 5.75. The van der Waals surface area contributed by atoms with Crippen molar-refractivity contribution in [3.05, 3.63) is 65.3 Å². The summed E-state index contributed by atoms with van der Waals surface area (Å²) in [6.07, 6.45) is -4.27. The Balaban J connectivity index is 1.59. The summed E-state index contributed by atoms with van der Waals surface area (Å²) in [6, 6.07) is 15.1. The first-order chi connectivity index (χ1) is 13.3. The number of aromatic amines is 1. The molecule has 0 aliphatic rings. The number of amides is 1. The van der Waals surface area contributed by atoms with E-state index in [-0.39, 0.29) is 5.69 Å². The summed E-state index contributed by atoms with van der Waals surface area (Å²) in [6.45, 7) is -1.09. The van der Waals surface area contributed by atoms with E-state index < -0.39 is 18.6 Å². The van der Waals surface area contributed by atoms with Crippen LogP contribution in [0.5, 0.6) is 0 Å². The molecule has 146 valence electrons. The molecule has 0 bridgehead atoms. The lowest BCUT2D eigenvalue weighted by Gasteiger charge is -2.08. The summed E-state index contributed by atoms with van der Waals surface area (Å²) in [5, 5.41) is 10.0. The normalized spacial score (nSPS) is 11.4. The number of aromatic nitrogens is 2. The lowest BCUT2D eigenvalue weighted by atomic mass is 10.1. The van der Waals surface area contributed by atoms with E-state index in [0.717, 1.165) is 17.5 Å². The smallest absolute Gasteiger partial charge is 0.321 e. The first-order valence-electron chi connectivity index (χ1n) is 7.99. The fraction of sp³-hybridized carbons (Fsp3) is 0.111. The lowest BCUT2D eigenvalue weighted by Crippen LogP contribution is -2.23. The number of alkyl halides is 3. The maximum atomic E-state index is 12.3. The molecule has 28 heavy (non-hydrogen) atoms. The molecular weight excluding hydrogens is 413 g/mol. The van der Waals surface area contributed by atoms with Gasteiger partial charge in [-0.2, -0.15) is 18.3 Å². The Labute approximate surface area is 167 Å². The van der Waals surface area contributed by atoms with Crippen molar-refractivity contribution < 1.29 is 18.0 Å². The molecule has 1 amide bonds. The number of rotatable bonds is 6. The maximum Gasteiger partial charge on any atom is 0.402 e. The molecule has 10 heteroatoms. The third-order valence-corrected chi connectivity index (χ3v) is 4.55. The molecule has 2 aromatic carbocycles. The molecule has 3 aromatic rings. The number of hydrogen-bond acceptors (Lipinski definition) is 4. The molecule has 1 aromatic heterocycles. The zero-order chi connectivity index (χ0) is 20.1. The fourth-order valence-electron chi connectivity index (χ4n) is 2.24. The molecular formula is C18H14ClF3N4OS.